The van der Waals surface area contributed by atoms with Crippen molar-refractivity contribution >= 4 is 56.2 Å². The number of carbonyl (C=O) groups excluding carboxylic acids is 1. The molecule has 182 valence electrons. The number of carboxylic acids is 1. The standard InChI is InChI=1S/C26H21BrN4O4S/c1-16-2-9-20(10-3-16)29-26-30-22(15-36-26)18-5-7-19(8-6-18)25(34)31-28-13-17-4-11-23(21(27)12-17)35-14-24(32)33/h2-13,15H,14H2,1H3,(H,29,30)(H,31,34)(H,32,33)/b28-13-. The van der Waals surface area contributed by atoms with Gasteiger partial charge in [-0.3, -0.25) is 4.79 Å². The first-order chi connectivity index (χ1) is 17.4. The summed E-state index contributed by atoms with van der Waals surface area (Å²) in [4.78, 5) is 27.7. The fourth-order valence-corrected chi connectivity index (χ4v) is 4.35. The number of ether oxygens (including phenoxy) is 1. The molecule has 4 aromatic rings. The summed E-state index contributed by atoms with van der Waals surface area (Å²) < 4.78 is 5.74. The number of carboxylic acid groups (broad SMARTS) is 1. The molecule has 4 rings (SSSR count). The van der Waals surface area contributed by atoms with Crippen LogP contribution in [-0.2, 0) is 4.79 Å². The normalized spacial score (nSPS) is 10.8. The lowest BCUT2D eigenvalue weighted by molar-refractivity contribution is -0.139. The molecule has 0 aliphatic rings. The summed E-state index contributed by atoms with van der Waals surface area (Å²) in [5, 5.41) is 18.8. The third-order valence-corrected chi connectivity index (χ3v) is 6.31. The fraction of sp³-hybridized carbons (Fsp3) is 0.0769. The van der Waals surface area contributed by atoms with E-state index in [-0.39, 0.29) is 5.91 Å². The third kappa shape index (κ3) is 6.77. The van der Waals surface area contributed by atoms with E-state index in [1.807, 2.05) is 48.7 Å². The maximum absolute atomic E-state index is 12.5. The lowest BCUT2D eigenvalue weighted by Gasteiger charge is -2.06. The van der Waals surface area contributed by atoms with E-state index < -0.39 is 12.6 Å². The summed E-state index contributed by atoms with van der Waals surface area (Å²) in [6.45, 7) is 1.61. The van der Waals surface area contributed by atoms with Crippen LogP contribution < -0.4 is 15.5 Å². The second kappa shape index (κ2) is 11.6. The third-order valence-electron chi connectivity index (χ3n) is 4.94. The topological polar surface area (TPSA) is 113 Å². The maximum Gasteiger partial charge on any atom is 0.341 e. The zero-order valence-corrected chi connectivity index (χ0v) is 21.5. The number of nitrogens with zero attached hydrogens (tertiary/aromatic N) is 2. The molecular weight excluding hydrogens is 544 g/mol. The van der Waals surface area contributed by atoms with Crippen LogP contribution in [0.25, 0.3) is 11.3 Å². The van der Waals surface area contributed by atoms with Crippen molar-refractivity contribution in [2.45, 2.75) is 6.92 Å². The molecule has 0 atom stereocenters. The van der Waals surface area contributed by atoms with Gasteiger partial charge in [-0.05, 0) is 70.9 Å². The minimum Gasteiger partial charge on any atom is -0.481 e. The second-order valence-electron chi connectivity index (χ2n) is 7.68. The molecule has 0 bridgehead atoms. The molecule has 3 N–H and O–H groups in total. The first-order valence-electron chi connectivity index (χ1n) is 10.7. The van der Waals surface area contributed by atoms with E-state index in [1.165, 1.54) is 23.1 Å². The van der Waals surface area contributed by atoms with Crippen molar-refractivity contribution in [1.29, 1.82) is 0 Å². The SMILES string of the molecule is Cc1ccc(Nc2nc(-c3ccc(C(=O)N/N=C\c4ccc(OCC(=O)O)c(Br)c4)cc3)cs2)cc1. The number of rotatable bonds is 9. The van der Waals surface area contributed by atoms with Crippen molar-refractivity contribution in [2.24, 2.45) is 5.10 Å². The van der Waals surface area contributed by atoms with Gasteiger partial charge in [-0.2, -0.15) is 5.10 Å². The summed E-state index contributed by atoms with van der Waals surface area (Å²) in [6, 6.07) is 20.3. The van der Waals surface area contributed by atoms with Crippen LogP contribution in [0.5, 0.6) is 5.75 Å². The Morgan fingerprint density at radius 3 is 2.56 bits per heavy atom. The predicted octanol–water partition coefficient (Wildman–Crippen LogP) is 5.85. The summed E-state index contributed by atoms with van der Waals surface area (Å²) in [6.07, 6.45) is 1.48. The van der Waals surface area contributed by atoms with Gasteiger partial charge in [-0.15, -0.1) is 11.3 Å². The molecular formula is C26H21BrN4O4S. The molecule has 1 heterocycles. The number of aromatic nitrogens is 1. The van der Waals surface area contributed by atoms with E-state index in [1.54, 1.807) is 30.3 Å². The highest BCUT2D eigenvalue weighted by molar-refractivity contribution is 9.10. The number of hydrazone groups is 1. The Balaban J connectivity index is 1.33. The quantitative estimate of drug-likeness (QED) is 0.173. The average Bonchev–Trinajstić information content (AvgIpc) is 3.33. The monoisotopic (exact) mass is 564 g/mol. The molecule has 0 radical (unpaired) electrons. The van der Waals surface area contributed by atoms with Crippen LogP contribution >= 0.6 is 27.3 Å². The first-order valence-corrected chi connectivity index (χ1v) is 12.4. The Labute approximate surface area is 219 Å². The van der Waals surface area contributed by atoms with Crippen LogP contribution in [0.15, 0.2) is 81.7 Å². The van der Waals surface area contributed by atoms with Crippen LogP contribution in [0.1, 0.15) is 21.5 Å². The van der Waals surface area contributed by atoms with Gasteiger partial charge in [0.05, 0.1) is 16.4 Å². The fourth-order valence-electron chi connectivity index (χ4n) is 3.10. The van der Waals surface area contributed by atoms with E-state index in [4.69, 9.17) is 9.84 Å². The molecule has 8 nitrogen and oxygen atoms in total. The molecule has 1 aromatic heterocycles. The van der Waals surface area contributed by atoms with E-state index >= 15 is 0 Å². The molecule has 0 saturated heterocycles. The van der Waals surface area contributed by atoms with Gasteiger partial charge in [0.15, 0.2) is 11.7 Å². The molecule has 10 heteroatoms. The number of nitrogens with one attached hydrogen (secondary N) is 2. The Hall–Kier alpha value is -4.02. The van der Waals surface area contributed by atoms with Crippen molar-refractivity contribution in [3.8, 4) is 17.0 Å². The second-order valence-corrected chi connectivity index (χ2v) is 9.39. The van der Waals surface area contributed by atoms with Crippen molar-refractivity contribution in [3.63, 3.8) is 0 Å². The Morgan fingerprint density at radius 2 is 1.86 bits per heavy atom. The number of hydrogen-bond acceptors (Lipinski definition) is 7. The number of aryl methyl sites for hydroxylation is 1. The van der Waals surface area contributed by atoms with E-state index in [0.717, 1.165) is 22.1 Å². The van der Waals surface area contributed by atoms with Crippen LogP contribution in [0.3, 0.4) is 0 Å². The highest BCUT2D eigenvalue weighted by Gasteiger charge is 2.09. The largest absolute Gasteiger partial charge is 0.481 e. The zero-order chi connectivity index (χ0) is 25.5. The molecule has 0 aliphatic carbocycles. The van der Waals surface area contributed by atoms with Gasteiger partial charge in [0.2, 0.25) is 0 Å². The molecule has 0 aliphatic heterocycles. The van der Waals surface area contributed by atoms with Crippen molar-refractivity contribution in [1.82, 2.24) is 10.4 Å². The molecule has 0 fully saturated rings. The molecule has 0 spiro atoms. The van der Waals surface area contributed by atoms with Crippen LogP contribution in [0.4, 0.5) is 10.8 Å². The van der Waals surface area contributed by atoms with Crippen molar-refractivity contribution in [2.75, 3.05) is 11.9 Å². The van der Waals surface area contributed by atoms with E-state index in [2.05, 4.69) is 36.8 Å². The summed E-state index contributed by atoms with van der Waals surface area (Å²) in [5.74, 6) is -1.01. The van der Waals surface area contributed by atoms with Gasteiger partial charge in [0.25, 0.3) is 5.91 Å². The van der Waals surface area contributed by atoms with Crippen LogP contribution in [-0.4, -0.2) is 34.8 Å². The van der Waals surface area contributed by atoms with E-state index in [9.17, 15) is 9.59 Å². The Morgan fingerprint density at radius 1 is 1.11 bits per heavy atom. The van der Waals surface area contributed by atoms with Crippen molar-refractivity contribution in [3.05, 3.63) is 93.3 Å². The zero-order valence-electron chi connectivity index (χ0n) is 19.1. The average molecular weight is 565 g/mol. The predicted molar refractivity (Wildman–Crippen MR) is 144 cm³/mol. The van der Waals surface area contributed by atoms with E-state index in [0.29, 0.717) is 21.3 Å². The number of thiazole rings is 1. The summed E-state index contributed by atoms with van der Waals surface area (Å²) in [5.41, 5.74) is 7.55. The number of aliphatic carboxylic acids is 1. The lowest BCUT2D eigenvalue weighted by Crippen LogP contribution is -2.17. The minimum absolute atomic E-state index is 0.349. The lowest BCUT2D eigenvalue weighted by atomic mass is 10.1. The maximum atomic E-state index is 12.5. The van der Waals surface area contributed by atoms with Crippen LogP contribution in [0, 0.1) is 6.92 Å². The van der Waals surface area contributed by atoms with Gasteiger partial charge < -0.3 is 15.2 Å². The smallest absolute Gasteiger partial charge is 0.341 e. The molecule has 36 heavy (non-hydrogen) atoms. The number of hydrogen-bond donors (Lipinski definition) is 3. The Kier molecular flexibility index (Phi) is 8.09. The van der Waals surface area contributed by atoms with Gasteiger partial charge in [-0.25, -0.2) is 15.2 Å². The summed E-state index contributed by atoms with van der Waals surface area (Å²) >= 11 is 4.84. The highest BCUT2D eigenvalue weighted by atomic mass is 79.9. The van der Waals surface area contributed by atoms with Gasteiger partial charge in [-0.1, -0.05) is 29.8 Å². The number of amides is 1. The number of carbonyl (C=O) groups is 2. The van der Waals surface area contributed by atoms with Crippen molar-refractivity contribution < 1.29 is 19.4 Å². The highest BCUT2D eigenvalue weighted by Crippen LogP contribution is 2.28. The minimum atomic E-state index is -1.06. The molecule has 1 amide bonds. The van der Waals surface area contributed by atoms with Gasteiger partial charge >= 0.3 is 5.97 Å². The molecule has 0 unspecified atom stereocenters. The Bertz CT molecular complexity index is 1400. The molecule has 3 aromatic carbocycles. The molecule has 0 saturated carbocycles. The summed E-state index contributed by atoms with van der Waals surface area (Å²) in [7, 11) is 0. The first kappa shape index (κ1) is 25.1. The van der Waals surface area contributed by atoms with Crippen LogP contribution in [0.2, 0.25) is 0 Å². The van der Waals surface area contributed by atoms with Gasteiger partial charge in [0, 0.05) is 22.2 Å². The number of anilines is 2. The number of halogens is 1. The number of benzene rings is 3. The van der Waals surface area contributed by atoms with Gasteiger partial charge in [0.1, 0.15) is 5.75 Å².